The maximum Gasteiger partial charge on any atom is 0.417 e. The van der Waals surface area contributed by atoms with Gasteiger partial charge in [-0.3, -0.25) is 0 Å². The third kappa shape index (κ3) is 2.55. The van der Waals surface area contributed by atoms with E-state index in [0.717, 1.165) is 11.6 Å². The van der Waals surface area contributed by atoms with Crippen molar-refractivity contribution in [1.82, 2.24) is 14.8 Å². The molecule has 0 radical (unpaired) electrons. The summed E-state index contributed by atoms with van der Waals surface area (Å²) in [5.41, 5.74) is 0.458. The van der Waals surface area contributed by atoms with Gasteiger partial charge in [0.15, 0.2) is 5.82 Å². The van der Waals surface area contributed by atoms with E-state index in [9.17, 15) is 13.2 Å². The van der Waals surface area contributed by atoms with Crippen molar-refractivity contribution in [1.29, 1.82) is 0 Å². The summed E-state index contributed by atoms with van der Waals surface area (Å²) in [5.74, 6) is 0.0656. The van der Waals surface area contributed by atoms with E-state index >= 15 is 0 Å². The molecule has 8 heteroatoms. The molecule has 2 aromatic rings. The quantitative estimate of drug-likeness (QED) is 0.790. The van der Waals surface area contributed by atoms with Gasteiger partial charge in [-0.2, -0.15) is 18.3 Å². The third-order valence-electron chi connectivity index (χ3n) is 2.64. The van der Waals surface area contributed by atoms with Gasteiger partial charge in [0.2, 0.25) is 0 Å². The molecule has 0 saturated carbocycles. The van der Waals surface area contributed by atoms with Crippen LogP contribution in [-0.4, -0.2) is 14.8 Å². The SMILES string of the molecule is Cc1nn(-c2ncc(C(F)(F)F)cc2Cl)c(Cl)c1C. The van der Waals surface area contributed by atoms with Crippen LogP contribution in [0.3, 0.4) is 0 Å². The monoisotopic (exact) mass is 309 g/mol. The molecule has 2 heterocycles. The Morgan fingerprint density at radius 3 is 2.26 bits per heavy atom. The van der Waals surface area contributed by atoms with Gasteiger partial charge in [0.1, 0.15) is 5.15 Å². The van der Waals surface area contributed by atoms with E-state index in [1.165, 1.54) is 4.68 Å². The predicted molar refractivity (Wildman–Crippen MR) is 65.9 cm³/mol. The highest BCUT2D eigenvalue weighted by molar-refractivity contribution is 6.33. The van der Waals surface area contributed by atoms with E-state index in [1.807, 2.05) is 0 Å². The molecule has 0 fully saturated rings. The average molecular weight is 310 g/mol. The summed E-state index contributed by atoms with van der Waals surface area (Å²) in [5, 5.41) is 4.19. The number of rotatable bonds is 1. The first kappa shape index (κ1) is 14.1. The topological polar surface area (TPSA) is 30.7 Å². The van der Waals surface area contributed by atoms with Gasteiger partial charge in [0, 0.05) is 11.8 Å². The first-order valence-electron chi connectivity index (χ1n) is 5.16. The maximum absolute atomic E-state index is 12.5. The molecule has 0 amide bonds. The normalized spacial score (nSPS) is 11.9. The van der Waals surface area contributed by atoms with E-state index in [1.54, 1.807) is 13.8 Å². The lowest BCUT2D eigenvalue weighted by atomic mass is 10.3. The second kappa shape index (κ2) is 4.68. The molecule has 2 aromatic heterocycles. The highest BCUT2D eigenvalue weighted by Crippen LogP contribution is 2.33. The zero-order valence-electron chi connectivity index (χ0n) is 9.89. The first-order chi connectivity index (χ1) is 8.71. The van der Waals surface area contributed by atoms with Gasteiger partial charge >= 0.3 is 6.18 Å². The van der Waals surface area contributed by atoms with Crippen LogP contribution in [0.15, 0.2) is 12.3 Å². The Bertz CT molecular complexity index is 635. The van der Waals surface area contributed by atoms with Crippen LogP contribution in [0.5, 0.6) is 0 Å². The summed E-state index contributed by atoms with van der Waals surface area (Å²) in [6, 6.07) is 0.798. The summed E-state index contributed by atoms with van der Waals surface area (Å²) in [7, 11) is 0. The van der Waals surface area contributed by atoms with E-state index in [0.29, 0.717) is 11.9 Å². The maximum atomic E-state index is 12.5. The molecule has 0 aliphatic carbocycles. The van der Waals surface area contributed by atoms with Gasteiger partial charge < -0.3 is 0 Å². The fourth-order valence-corrected chi connectivity index (χ4v) is 1.96. The molecule has 0 N–H and O–H groups in total. The molecule has 102 valence electrons. The third-order valence-corrected chi connectivity index (χ3v) is 3.36. The molecular formula is C11H8Cl2F3N3. The number of pyridine rings is 1. The molecular weight excluding hydrogens is 302 g/mol. The molecule has 0 atom stereocenters. The van der Waals surface area contributed by atoms with Crippen LogP contribution in [-0.2, 0) is 6.18 Å². The molecule has 0 aliphatic heterocycles. The zero-order valence-corrected chi connectivity index (χ0v) is 11.4. The largest absolute Gasteiger partial charge is 0.417 e. The van der Waals surface area contributed by atoms with Crippen molar-refractivity contribution in [2.75, 3.05) is 0 Å². The summed E-state index contributed by atoms with van der Waals surface area (Å²) < 4.78 is 38.7. The minimum Gasteiger partial charge on any atom is -0.235 e. The number of aryl methyl sites for hydroxylation is 1. The number of hydrogen-bond donors (Lipinski definition) is 0. The molecule has 0 unspecified atom stereocenters. The van der Waals surface area contributed by atoms with Crippen molar-refractivity contribution in [3.63, 3.8) is 0 Å². The molecule has 0 aromatic carbocycles. The average Bonchev–Trinajstić information content (AvgIpc) is 2.56. The number of alkyl halides is 3. The number of aromatic nitrogens is 3. The molecule has 0 saturated heterocycles. The van der Waals surface area contributed by atoms with Crippen molar-refractivity contribution in [3.05, 3.63) is 39.3 Å². The lowest BCUT2D eigenvalue weighted by Gasteiger charge is -2.09. The first-order valence-corrected chi connectivity index (χ1v) is 5.92. The highest BCUT2D eigenvalue weighted by atomic mass is 35.5. The van der Waals surface area contributed by atoms with Gasteiger partial charge in [-0.1, -0.05) is 23.2 Å². The predicted octanol–water partition coefficient (Wildman–Crippen LogP) is 4.21. The van der Waals surface area contributed by atoms with Crippen molar-refractivity contribution >= 4 is 23.2 Å². The van der Waals surface area contributed by atoms with Gasteiger partial charge in [-0.15, -0.1) is 0 Å². The van der Waals surface area contributed by atoms with E-state index < -0.39 is 11.7 Å². The van der Waals surface area contributed by atoms with Gasteiger partial charge in [-0.05, 0) is 19.9 Å². The Morgan fingerprint density at radius 2 is 1.84 bits per heavy atom. The number of hydrogen-bond acceptors (Lipinski definition) is 2. The zero-order chi connectivity index (χ0) is 14.4. The lowest BCUT2D eigenvalue weighted by Crippen LogP contribution is -2.08. The highest BCUT2D eigenvalue weighted by Gasteiger charge is 2.32. The van der Waals surface area contributed by atoms with Crippen molar-refractivity contribution in [2.24, 2.45) is 0 Å². The summed E-state index contributed by atoms with van der Waals surface area (Å²) in [6.45, 7) is 3.48. The molecule has 19 heavy (non-hydrogen) atoms. The Labute approximate surface area is 117 Å². The fourth-order valence-electron chi connectivity index (χ4n) is 1.46. The summed E-state index contributed by atoms with van der Waals surface area (Å²) in [6.07, 6.45) is -3.79. The molecule has 2 rings (SSSR count). The van der Waals surface area contributed by atoms with Crippen LogP contribution in [0.1, 0.15) is 16.8 Å². The molecule has 0 spiro atoms. The van der Waals surface area contributed by atoms with Crippen LogP contribution >= 0.6 is 23.2 Å². The van der Waals surface area contributed by atoms with Gasteiger partial charge in [0.25, 0.3) is 0 Å². The Balaban J connectivity index is 2.55. The molecule has 0 aliphatic rings. The molecule has 3 nitrogen and oxygen atoms in total. The fraction of sp³-hybridized carbons (Fsp3) is 0.273. The number of nitrogens with zero attached hydrogens (tertiary/aromatic N) is 3. The smallest absolute Gasteiger partial charge is 0.235 e. The minimum atomic E-state index is -4.49. The van der Waals surface area contributed by atoms with Crippen LogP contribution in [0.2, 0.25) is 10.2 Å². The van der Waals surface area contributed by atoms with Crippen LogP contribution in [0, 0.1) is 13.8 Å². The Morgan fingerprint density at radius 1 is 1.21 bits per heavy atom. The van der Waals surface area contributed by atoms with E-state index in [2.05, 4.69) is 10.1 Å². The Hall–Kier alpha value is -1.27. The minimum absolute atomic E-state index is 0.0656. The van der Waals surface area contributed by atoms with Crippen LogP contribution < -0.4 is 0 Å². The van der Waals surface area contributed by atoms with E-state index in [4.69, 9.17) is 23.2 Å². The lowest BCUT2D eigenvalue weighted by molar-refractivity contribution is -0.137. The summed E-state index contributed by atoms with van der Waals surface area (Å²) >= 11 is 11.9. The van der Waals surface area contributed by atoms with Crippen LogP contribution in [0.4, 0.5) is 13.2 Å². The van der Waals surface area contributed by atoms with E-state index in [-0.39, 0.29) is 16.0 Å². The van der Waals surface area contributed by atoms with Gasteiger partial charge in [-0.25, -0.2) is 9.67 Å². The number of halogens is 5. The van der Waals surface area contributed by atoms with Crippen molar-refractivity contribution in [2.45, 2.75) is 20.0 Å². The Kier molecular flexibility index (Phi) is 3.49. The van der Waals surface area contributed by atoms with Crippen molar-refractivity contribution < 1.29 is 13.2 Å². The van der Waals surface area contributed by atoms with Crippen LogP contribution in [0.25, 0.3) is 5.82 Å². The second-order valence-electron chi connectivity index (χ2n) is 3.94. The summed E-state index contributed by atoms with van der Waals surface area (Å²) in [4.78, 5) is 3.69. The van der Waals surface area contributed by atoms with Crippen molar-refractivity contribution in [3.8, 4) is 5.82 Å². The standard InChI is InChI=1S/C11H8Cl2F3N3/c1-5-6(2)18-19(9(5)13)10-8(12)3-7(4-17-10)11(14,15)16/h3-4H,1-2H3. The van der Waals surface area contributed by atoms with Gasteiger partial charge in [0.05, 0.1) is 16.3 Å². The molecule has 0 bridgehead atoms. The second-order valence-corrected chi connectivity index (χ2v) is 4.71.